The van der Waals surface area contributed by atoms with E-state index in [9.17, 15) is 0 Å². The van der Waals surface area contributed by atoms with E-state index in [1.807, 2.05) is 0 Å². The van der Waals surface area contributed by atoms with Crippen molar-refractivity contribution in [2.75, 3.05) is 6.54 Å². The second-order valence-corrected chi connectivity index (χ2v) is 6.09. The molecule has 2 fully saturated rings. The Bertz CT molecular complexity index is 242. The smallest absolute Gasteiger partial charge is 0.169 e. The number of rotatable bonds is 4. The molecule has 0 heterocycles. The van der Waals surface area contributed by atoms with E-state index in [2.05, 4.69) is 24.1 Å². The van der Waals surface area contributed by atoms with E-state index in [1.165, 1.54) is 38.5 Å². The average molecular weight is 240 g/mol. The molecule has 3 heteroatoms. The summed E-state index contributed by atoms with van der Waals surface area (Å²) in [5, 5.41) is 4.51. The van der Waals surface area contributed by atoms with Crippen molar-refractivity contribution in [3.63, 3.8) is 0 Å². The fourth-order valence-electron chi connectivity index (χ4n) is 2.49. The van der Waals surface area contributed by atoms with Crippen LogP contribution in [0.25, 0.3) is 0 Å². The van der Waals surface area contributed by atoms with Crippen LogP contribution in [-0.2, 0) is 0 Å². The quantitative estimate of drug-likeness (QED) is 0.761. The SMILES string of the molecule is CC(C)CN(C(=S)NC1CC1)C1CCCC1. The van der Waals surface area contributed by atoms with Gasteiger partial charge in [-0.2, -0.15) is 0 Å². The molecule has 16 heavy (non-hydrogen) atoms. The highest BCUT2D eigenvalue weighted by atomic mass is 32.1. The summed E-state index contributed by atoms with van der Waals surface area (Å²) < 4.78 is 0. The van der Waals surface area contributed by atoms with Gasteiger partial charge in [-0.1, -0.05) is 26.7 Å². The van der Waals surface area contributed by atoms with Crippen LogP contribution >= 0.6 is 12.2 Å². The van der Waals surface area contributed by atoms with Gasteiger partial charge in [0, 0.05) is 18.6 Å². The third-order valence-corrected chi connectivity index (χ3v) is 3.85. The molecule has 0 radical (unpaired) electrons. The van der Waals surface area contributed by atoms with Crippen molar-refractivity contribution in [3.8, 4) is 0 Å². The zero-order chi connectivity index (χ0) is 11.5. The zero-order valence-corrected chi connectivity index (χ0v) is 11.4. The molecule has 0 aromatic heterocycles. The van der Waals surface area contributed by atoms with Crippen LogP contribution in [0.5, 0.6) is 0 Å². The van der Waals surface area contributed by atoms with Crippen molar-refractivity contribution < 1.29 is 0 Å². The molecule has 0 spiro atoms. The second-order valence-electron chi connectivity index (χ2n) is 5.71. The van der Waals surface area contributed by atoms with Gasteiger partial charge in [0.15, 0.2) is 5.11 Å². The summed E-state index contributed by atoms with van der Waals surface area (Å²) in [4.78, 5) is 2.46. The van der Waals surface area contributed by atoms with E-state index in [-0.39, 0.29) is 0 Å². The summed E-state index contributed by atoms with van der Waals surface area (Å²) in [5.74, 6) is 0.694. The molecule has 0 amide bonds. The maximum Gasteiger partial charge on any atom is 0.169 e. The Balaban J connectivity index is 1.91. The van der Waals surface area contributed by atoms with Crippen LogP contribution in [0, 0.1) is 5.92 Å². The largest absolute Gasteiger partial charge is 0.360 e. The summed E-state index contributed by atoms with van der Waals surface area (Å²) in [6.45, 7) is 5.67. The molecule has 0 saturated heterocycles. The minimum absolute atomic E-state index is 0.684. The highest BCUT2D eigenvalue weighted by Crippen LogP contribution is 2.26. The number of hydrogen-bond donors (Lipinski definition) is 1. The lowest BCUT2D eigenvalue weighted by Gasteiger charge is -2.33. The van der Waals surface area contributed by atoms with Gasteiger partial charge in [0.1, 0.15) is 0 Å². The fraction of sp³-hybridized carbons (Fsp3) is 0.923. The summed E-state index contributed by atoms with van der Waals surface area (Å²) in [5.41, 5.74) is 0. The van der Waals surface area contributed by atoms with Gasteiger partial charge in [-0.05, 0) is 43.8 Å². The molecule has 0 aliphatic heterocycles. The van der Waals surface area contributed by atoms with Crippen molar-refractivity contribution in [2.45, 2.75) is 64.5 Å². The predicted octanol–water partition coefficient (Wildman–Crippen LogP) is 2.92. The second kappa shape index (κ2) is 5.35. The van der Waals surface area contributed by atoms with E-state index >= 15 is 0 Å². The van der Waals surface area contributed by atoms with Gasteiger partial charge in [0.2, 0.25) is 0 Å². The third-order valence-electron chi connectivity index (χ3n) is 3.49. The molecule has 2 rings (SSSR count). The van der Waals surface area contributed by atoms with Crippen LogP contribution in [0.1, 0.15) is 52.4 Å². The van der Waals surface area contributed by atoms with E-state index in [0.29, 0.717) is 18.0 Å². The number of nitrogens with one attached hydrogen (secondary N) is 1. The van der Waals surface area contributed by atoms with Crippen LogP contribution in [0.3, 0.4) is 0 Å². The Hall–Kier alpha value is -0.310. The molecule has 1 N–H and O–H groups in total. The van der Waals surface area contributed by atoms with Gasteiger partial charge in [0.25, 0.3) is 0 Å². The third kappa shape index (κ3) is 3.34. The molecular formula is C13H24N2S. The molecule has 2 saturated carbocycles. The topological polar surface area (TPSA) is 15.3 Å². The van der Waals surface area contributed by atoms with Crippen LogP contribution < -0.4 is 5.32 Å². The highest BCUT2D eigenvalue weighted by Gasteiger charge is 2.28. The predicted molar refractivity (Wildman–Crippen MR) is 72.6 cm³/mol. The Labute approximate surface area is 105 Å². The van der Waals surface area contributed by atoms with Crippen LogP contribution in [0.2, 0.25) is 0 Å². The van der Waals surface area contributed by atoms with Crippen molar-refractivity contribution >= 4 is 17.3 Å². The maximum absolute atomic E-state index is 5.56. The van der Waals surface area contributed by atoms with Gasteiger partial charge >= 0.3 is 0 Å². The first-order valence-electron chi connectivity index (χ1n) is 6.74. The van der Waals surface area contributed by atoms with E-state index in [0.717, 1.165) is 11.7 Å². The fourth-order valence-corrected chi connectivity index (χ4v) is 2.88. The Morgan fingerprint density at radius 1 is 1.25 bits per heavy atom. The van der Waals surface area contributed by atoms with Crippen LogP contribution in [0.4, 0.5) is 0 Å². The molecule has 0 atom stereocenters. The van der Waals surface area contributed by atoms with Gasteiger partial charge in [0.05, 0.1) is 0 Å². The Morgan fingerprint density at radius 2 is 1.88 bits per heavy atom. The average Bonchev–Trinajstić information content (AvgIpc) is 2.87. The summed E-state index contributed by atoms with van der Waals surface area (Å²) >= 11 is 5.56. The standard InChI is InChI=1S/C13H24N2S/c1-10(2)9-15(12-5-3-4-6-12)13(16)14-11-7-8-11/h10-12H,3-9H2,1-2H3,(H,14,16). The summed E-state index contributed by atoms with van der Waals surface area (Å²) in [7, 11) is 0. The molecule has 0 unspecified atom stereocenters. The molecule has 2 aliphatic carbocycles. The van der Waals surface area contributed by atoms with E-state index < -0.39 is 0 Å². The molecule has 2 aliphatic rings. The lowest BCUT2D eigenvalue weighted by molar-refractivity contribution is 0.279. The first-order chi connectivity index (χ1) is 7.66. The van der Waals surface area contributed by atoms with Crippen molar-refractivity contribution in [3.05, 3.63) is 0 Å². The maximum atomic E-state index is 5.56. The van der Waals surface area contributed by atoms with Gasteiger partial charge in [-0.25, -0.2) is 0 Å². The molecular weight excluding hydrogens is 216 g/mol. The molecule has 2 nitrogen and oxygen atoms in total. The first kappa shape index (κ1) is 12.2. The van der Waals surface area contributed by atoms with E-state index in [4.69, 9.17) is 12.2 Å². The lowest BCUT2D eigenvalue weighted by atomic mass is 10.1. The van der Waals surface area contributed by atoms with Gasteiger partial charge in [-0.3, -0.25) is 0 Å². The number of thiocarbonyl (C=S) groups is 1. The van der Waals surface area contributed by atoms with Gasteiger partial charge < -0.3 is 10.2 Å². The monoisotopic (exact) mass is 240 g/mol. The normalized spacial score (nSPS) is 21.4. The number of nitrogens with zero attached hydrogens (tertiary/aromatic N) is 1. The minimum atomic E-state index is 0.684. The molecule has 0 aromatic carbocycles. The van der Waals surface area contributed by atoms with Crippen molar-refractivity contribution in [2.24, 2.45) is 5.92 Å². The number of hydrogen-bond acceptors (Lipinski definition) is 1. The minimum Gasteiger partial charge on any atom is -0.360 e. The van der Waals surface area contributed by atoms with Crippen molar-refractivity contribution in [1.82, 2.24) is 10.2 Å². The highest BCUT2D eigenvalue weighted by molar-refractivity contribution is 7.80. The molecule has 0 bridgehead atoms. The van der Waals surface area contributed by atoms with Gasteiger partial charge in [-0.15, -0.1) is 0 Å². The molecule has 92 valence electrons. The van der Waals surface area contributed by atoms with Crippen molar-refractivity contribution in [1.29, 1.82) is 0 Å². The van der Waals surface area contributed by atoms with Crippen LogP contribution in [-0.4, -0.2) is 28.6 Å². The lowest BCUT2D eigenvalue weighted by Crippen LogP contribution is -2.47. The Morgan fingerprint density at radius 3 is 2.38 bits per heavy atom. The Kier molecular flexibility index (Phi) is 4.06. The molecule has 0 aromatic rings. The van der Waals surface area contributed by atoms with Crippen LogP contribution in [0.15, 0.2) is 0 Å². The van der Waals surface area contributed by atoms with E-state index in [1.54, 1.807) is 0 Å². The summed E-state index contributed by atoms with van der Waals surface area (Å²) in [6.07, 6.45) is 8.04. The first-order valence-corrected chi connectivity index (χ1v) is 7.15. The zero-order valence-electron chi connectivity index (χ0n) is 10.5. The summed E-state index contributed by atoms with van der Waals surface area (Å²) in [6, 6.07) is 1.39.